The quantitative estimate of drug-likeness (QED) is 0.876. The van der Waals surface area contributed by atoms with E-state index in [0.717, 1.165) is 18.2 Å². The smallest absolute Gasteiger partial charge is 0.311 e. The van der Waals surface area contributed by atoms with Crippen molar-refractivity contribution >= 4 is 5.78 Å². The van der Waals surface area contributed by atoms with Crippen molar-refractivity contribution < 1.29 is 18.0 Å². The lowest BCUT2D eigenvalue weighted by Crippen LogP contribution is -2.15. The van der Waals surface area contributed by atoms with Gasteiger partial charge in [0, 0.05) is 12.5 Å². The lowest BCUT2D eigenvalue weighted by atomic mass is 9.94. The molecule has 0 aliphatic carbocycles. The molecule has 1 N–H and O–H groups in total. The molecule has 2 aromatic rings. The van der Waals surface area contributed by atoms with E-state index in [1.807, 2.05) is 0 Å². The van der Waals surface area contributed by atoms with E-state index < -0.39 is 17.3 Å². The summed E-state index contributed by atoms with van der Waals surface area (Å²) in [5.41, 5.74) is -0.465. The summed E-state index contributed by atoms with van der Waals surface area (Å²) in [6, 6.07) is 5.82. The van der Waals surface area contributed by atoms with Gasteiger partial charge in [0.25, 0.3) is 5.56 Å². The number of aromatic amines is 1. The van der Waals surface area contributed by atoms with Crippen LogP contribution in [0.3, 0.4) is 0 Å². The molecule has 0 fully saturated rings. The Morgan fingerprint density at radius 1 is 1.26 bits per heavy atom. The maximum atomic E-state index is 12.5. The normalized spacial score (nSPS) is 12.9. The standard InChI is InChI=1S/C16H15F3N2O2/c1-9(11-3-5-12(6-4-11)16(17,18)19)7-14(22)13-8-15(23)21-10(2)20-13/h3-6,8-9H,7H2,1-2H3,(H,20,21,23)/t9-/m0/s1. The fraction of sp³-hybridized carbons (Fsp3) is 0.312. The molecule has 0 spiro atoms. The molecule has 0 saturated heterocycles. The highest BCUT2D eigenvalue weighted by Gasteiger charge is 2.30. The molecule has 122 valence electrons. The summed E-state index contributed by atoms with van der Waals surface area (Å²) >= 11 is 0. The lowest BCUT2D eigenvalue weighted by Gasteiger charge is -2.13. The van der Waals surface area contributed by atoms with Crippen LogP contribution in [0, 0.1) is 6.92 Å². The van der Waals surface area contributed by atoms with Gasteiger partial charge in [-0.1, -0.05) is 19.1 Å². The van der Waals surface area contributed by atoms with Gasteiger partial charge in [0.05, 0.1) is 5.56 Å². The van der Waals surface area contributed by atoms with E-state index >= 15 is 0 Å². The van der Waals surface area contributed by atoms with Crippen LogP contribution in [0.4, 0.5) is 13.2 Å². The van der Waals surface area contributed by atoms with Gasteiger partial charge in [0.15, 0.2) is 5.78 Å². The van der Waals surface area contributed by atoms with Gasteiger partial charge in [0.2, 0.25) is 0 Å². The minimum atomic E-state index is -4.38. The van der Waals surface area contributed by atoms with Crippen LogP contribution in [-0.4, -0.2) is 15.8 Å². The molecule has 1 aromatic carbocycles. The molecule has 0 amide bonds. The molecular formula is C16H15F3N2O2. The van der Waals surface area contributed by atoms with Crippen LogP contribution < -0.4 is 5.56 Å². The summed E-state index contributed by atoms with van der Waals surface area (Å²) in [5, 5.41) is 0. The molecule has 0 saturated carbocycles. The molecule has 0 bridgehead atoms. The van der Waals surface area contributed by atoms with Crippen molar-refractivity contribution in [3.63, 3.8) is 0 Å². The van der Waals surface area contributed by atoms with Gasteiger partial charge in [-0.05, 0) is 30.5 Å². The summed E-state index contributed by atoms with van der Waals surface area (Å²) in [5.74, 6) is -0.277. The molecule has 0 radical (unpaired) electrons. The Hall–Kier alpha value is -2.44. The fourth-order valence-electron chi connectivity index (χ4n) is 2.22. The predicted molar refractivity (Wildman–Crippen MR) is 78.4 cm³/mol. The molecular weight excluding hydrogens is 309 g/mol. The first-order valence-electron chi connectivity index (χ1n) is 6.95. The zero-order valence-electron chi connectivity index (χ0n) is 12.6. The van der Waals surface area contributed by atoms with Crippen LogP contribution in [0.5, 0.6) is 0 Å². The Labute approximate surface area is 130 Å². The number of Topliss-reactive ketones (excluding diaryl/α,β-unsaturated/α-hetero) is 1. The SMILES string of the molecule is Cc1nc(C(=O)C[C@H](C)c2ccc(C(F)(F)F)cc2)cc(=O)[nH]1. The molecule has 23 heavy (non-hydrogen) atoms. The van der Waals surface area contributed by atoms with E-state index in [1.165, 1.54) is 12.1 Å². The number of carbonyl (C=O) groups excluding carboxylic acids is 1. The number of nitrogens with one attached hydrogen (secondary N) is 1. The average Bonchev–Trinajstić information content (AvgIpc) is 2.45. The Morgan fingerprint density at radius 3 is 2.39 bits per heavy atom. The zero-order chi connectivity index (χ0) is 17.2. The van der Waals surface area contributed by atoms with Gasteiger partial charge in [-0.3, -0.25) is 9.59 Å². The summed E-state index contributed by atoms with van der Waals surface area (Å²) < 4.78 is 37.6. The Morgan fingerprint density at radius 2 is 1.87 bits per heavy atom. The minimum Gasteiger partial charge on any atom is -0.311 e. The summed E-state index contributed by atoms with van der Waals surface area (Å²) in [7, 11) is 0. The maximum absolute atomic E-state index is 12.5. The number of carbonyl (C=O) groups is 1. The van der Waals surface area contributed by atoms with Crippen LogP contribution in [0.1, 0.15) is 46.7 Å². The van der Waals surface area contributed by atoms with Gasteiger partial charge in [0.1, 0.15) is 11.5 Å². The summed E-state index contributed by atoms with van der Waals surface area (Å²) in [4.78, 5) is 29.9. The van der Waals surface area contributed by atoms with Crippen molar-refractivity contribution in [3.05, 3.63) is 63.3 Å². The number of hydrogen-bond donors (Lipinski definition) is 1. The Bertz CT molecular complexity index is 764. The van der Waals surface area contributed by atoms with Gasteiger partial charge >= 0.3 is 6.18 Å². The van der Waals surface area contributed by atoms with Crippen LogP contribution in [0.2, 0.25) is 0 Å². The van der Waals surface area contributed by atoms with Gasteiger partial charge in [-0.2, -0.15) is 13.2 Å². The maximum Gasteiger partial charge on any atom is 0.416 e. The van der Waals surface area contributed by atoms with Crippen molar-refractivity contribution in [3.8, 4) is 0 Å². The first-order valence-corrected chi connectivity index (χ1v) is 6.95. The van der Waals surface area contributed by atoms with Crippen LogP contribution >= 0.6 is 0 Å². The number of aromatic nitrogens is 2. The Balaban J connectivity index is 2.13. The number of ketones is 1. The van der Waals surface area contributed by atoms with Crippen molar-refractivity contribution in [1.82, 2.24) is 9.97 Å². The molecule has 1 atom stereocenters. The topological polar surface area (TPSA) is 62.8 Å². The second-order valence-electron chi connectivity index (χ2n) is 5.36. The third-order valence-corrected chi connectivity index (χ3v) is 3.44. The predicted octanol–water partition coefficient (Wildman–Crippen LogP) is 3.47. The molecule has 0 unspecified atom stereocenters. The Kier molecular flexibility index (Phi) is 4.68. The molecule has 4 nitrogen and oxygen atoms in total. The van der Waals surface area contributed by atoms with Crippen LogP contribution in [0.15, 0.2) is 35.1 Å². The zero-order valence-corrected chi connectivity index (χ0v) is 12.6. The van der Waals surface area contributed by atoms with Crippen molar-refractivity contribution in [2.24, 2.45) is 0 Å². The van der Waals surface area contributed by atoms with E-state index in [1.54, 1.807) is 13.8 Å². The number of hydrogen-bond acceptors (Lipinski definition) is 3. The number of benzene rings is 1. The highest BCUT2D eigenvalue weighted by molar-refractivity contribution is 5.94. The lowest BCUT2D eigenvalue weighted by molar-refractivity contribution is -0.137. The van der Waals surface area contributed by atoms with Crippen LogP contribution in [-0.2, 0) is 6.18 Å². The second-order valence-corrected chi connectivity index (χ2v) is 5.36. The van der Waals surface area contributed by atoms with Gasteiger partial charge < -0.3 is 4.98 Å². The van der Waals surface area contributed by atoms with Crippen molar-refractivity contribution in [2.75, 3.05) is 0 Å². The first kappa shape index (κ1) is 16.9. The fourth-order valence-corrected chi connectivity index (χ4v) is 2.22. The number of halogens is 3. The molecule has 1 aromatic heterocycles. The van der Waals surface area contributed by atoms with E-state index in [9.17, 15) is 22.8 Å². The number of alkyl halides is 3. The molecule has 7 heteroatoms. The monoisotopic (exact) mass is 324 g/mol. The summed E-state index contributed by atoms with van der Waals surface area (Å²) in [6.07, 6.45) is -4.33. The van der Waals surface area contributed by atoms with Gasteiger partial charge in [-0.15, -0.1) is 0 Å². The minimum absolute atomic E-state index is 0.0568. The highest BCUT2D eigenvalue weighted by Crippen LogP contribution is 2.30. The number of aryl methyl sites for hydroxylation is 1. The van der Waals surface area contributed by atoms with Crippen molar-refractivity contribution in [2.45, 2.75) is 32.4 Å². The molecule has 1 heterocycles. The van der Waals surface area contributed by atoms with E-state index in [0.29, 0.717) is 11.4 Å². The molecule has 2 rings (SSSR count). The second kappa shape index (κ2) is 6.36. The highest BCUT2D eigenvalue weighted by atomic mass is 19.4. The van der Waals surface area contributed by atoms with E-state index in [4.69, 9.17) is 0 Å². The number of rotatable bonds is 4. The third kappa shape index (κ3) is 4.28. The van der Waals surface area contributed by atoms with Crippen LogP contribution in [0.25, 0.3) is 0 Å². The summed E-state index contributed by atoms with van der Waals surface area (Å²) in [6.45, 7) is 3.30. The molecule has 0 aliphatic rings. The van der Waals surface area contributed by atoms with E-state index in [-0.39, 0.29) is 23.8 Å². The van der Waals surface area contributed by atoms with Gasteiger partial charge in [-0.25, -0.2) is 4.98 Å². The molecule has 0 aliphatic heterocycles. The average molecular weight is 324 g/mol. The number of nitrogens with zero attached hydrogens (tertiary/aromatic N) is 1. The third-order valence-electron chi connectivity index (χ3n) is 3.44. The van der Waals surface area contributed by atoms with E-state index in [2.05, 4.69) is 9.97 Å². The van der Waals surface area contributed by atoms with Crippen molar-refractivity contribution in [1.29, 1.82) is 0 Å². The first-order chi connectivity index (χ1) is 10.7. The largest absolute Gasteiger partial charge is 0.416 e. The number of H-pyrrole nitrogens is 1.